The van der Waals surface area contributed by atoms with Gasteiger partial charge in [-0.2, -0.15) is 0 Å². The molecule has 1 saturated heterocycles. The van der Waals surface area contributed by atoms with Gasteiger partial charge >= 0.3 is 0 Å². The predicted molar refractivity (Wildman–Crippen MR) is 115 cm³/mol. The van der Waals surface area contributed by atoms with Gasteiger partial charge in [-0.05, 0) is 42.3 Å². The molecule has 1 heterocycles. The smallest absolute Gasteiger partial charge is 0.260 e. The number of piperazine rings is 1. The van der Waals surface area contributed by atoms with Crippen LogP contribution in [0.1, 0.15) is 22.8 Å². The lowest BCUT2D eigenvalue weighted by atomic mass is 10.1. The largest absolute Gasteiger partial charge is 0.483 e. The van der Waals surface area contributed by atoms with Crippen LogP contribution in [0.15, 0.2) is 48.5 Å². The SMILES string of the molecule is CCc1ccccc1OCC(=O)N1CCN(C(=O)c2ccc(N(C)C)cc2)CC1. The van der Waals surface area contributed by atoms with Crippen LogP contribution in [-0.4, -0.2) is 68.5 Å². The molecule has 1 fully saturated rings. The number of ether oxygens (including phenoxy) is 1. The second-order valence-electron chi connectivity index (χ2n) is 7.36. The molecule has 6 heteroatoms. The molecule has 3 rings (SSSR count). The summed E-state index contributed by atoms with van der Waals surface area (Å²) >= 11 is 0. The van der Waals surface area contributed by atoms with E-state index in [1.54, 1.807) is 4.90 Å². The Morgan fingerprint density at radius 3 is 2.17 bits per heavy atom. The van der Waals surface area contributed by atoms with Crippen molar-refractivity contribution >= 4 is 17.5 Å². The lowest BCUT2D eigenvalue weighted by Crippen LogP contribution is -2.51. The summed E-state index contributed by atoms with van der Waals surface area (Å²) in [5.74, 6) is 0.729. The van der Waals surface area contributed by atoms with E-state index in [-0.39, 0.29) is 18.4 Å². The third-order valence-corrected chi connectivity index (χ3v) is 5.25. The van der Waals surface area contributed by atoms with Crippen LogP contribution in [0.25, 0.3) is 0 Å². The predicted octanol–water partition coefficient (Wildman–Crippen LogP) is 2.68. The normalized spacial score (nSPS) is 13.9. The number of benzene rings is 2. The first kappa shape index (κ1) is 20.7. The summed E-state index contributed by atoms with van der Waals surface area (Å²) in [7, 11) is 3.94. The average Bonchev–Trinajstić information content (AvgIpc) is 2.77. The number of hydrogen-bond acceptors (Lipinski definition) is 4. The van der Waals surface area contributed by atoms with Gasteiger partial charge in [-0.3, -0.25) is 9.59 Å². The lowest BCUT2D eigenvalue weighted by molar-refractivity contribution is -0.134. The minimum absolute atomic E-state index is 0.00975. The number of anilines is 1. The average molecular weight is 396 g/mol. The van der Waals surface area contributed by atoms with Gasteiger partial charge in [0.2, 0.25) is 0 Å². The fourth-order valence-electron chi connectivity index (χ4n) is 3.41. The number of carbonyl (C=O) groups excluding carboxylic acids is 2. The van der Waals surface area contributed by atoms with Gasteiger partial charge in [0, 0.05) is 51.5 Å². The van der Waals surface area contributed by atoms with Crippen molar-refractivity contribution in [3.05, 3.63) is 59.7 Å². The Labute approximate surface area is 172 Å². The van der Waals surface area contributed by atoms with Gasteiger partial charge in [0.15, 0.2) is 6.61 Å². The molecule has 2 aromatic carbocycles. The molecular formula is C23H29N3O3. The summed E-state index contributed by atoms with van der Waals surface area (Å²) in [4.78, 5) is 30.8. The quantitative estimate of drug-likeness (QED) is 0.755. The maximum atomic E-state index is 12.7. The Morgan fingerprint density at radius 1 is 0.931 bits per heavy atom. The summed E-state index contributed by atoms with van der Waals surface area (Å²) in [6.45, 7) is 4.21. The zero-order valence-corrected chi connectivity index (χ0v) is 17.4. The van der Waals surface area contributed by atoms with Gasteiger partial charge in [-0.1, -0.05) is 25.1 Å². The molecule has 0 bridgehead atoms. The third-order valence-electron chi connectivity index (χ3n) is 5.25. The highest BCUT2D eigenvalue weighted by atomic mass is 16.5. The van der Waals surface area contributed by atoms with Crippen LogP contribution in [0, 0.1) is 0 Å². The topological polar surface area (TPSA) is 53.1 Å². The van der Waals surface area contributed by atoms with E-state index in [9.17, 15) is 9.59 Å². The molecular weight excluding hydrogens is 366 g/mol. The Kier molecular flexibility index (Phi) is 6.75. The van der Waals surface area contributed by atoms with Gasteiger partial charge in [0.1, 0.15) is 5.75 Å². The van der Waals surface area contributed by atoms with Crippen LogP contribution in [0.3, 0.4) is 0 Å². The van der Waals surface area contributed by atoms with E-state index in [1.165, 1.54) is 0 Å². The molecule has 0 spiro atoms. The molecule has 29 heavy (non-hydrogen) atoms. The Morgan fingerprint density at radius 2 is 1.55 bits per heavy atom. The van der Waals surface area contributed by atoms with Gasteiger partial charge in [-0.25, -0.2) is 0 Å². The van der Waals surface area contributed by atoms with Gasteiger partial charge in [0.05, 0.1) is 0 Å². The molecule has 0 aliphatic carbocycles. The van der Waals surface area contributed by atoms with Crippen LogP contribution in [0.5, 0.6) is 5.75 Å². The Balaban J connectivity index is 1.50. The summed E-state index contributed by atoms with van der Waals surface area (Å²) in [6.07, 6.45) is 0.862. The van der Waals surface area contributed by atoms with Crippen molar-refractivity contribution in [1.29, 1.82) is 0 Å². The highest BCUT2D eigenvalue weighted by Crippen LogP contribution is 2.19. The minimum Gasteiger partial charge on any atom is -0.483 e. The monoisotopic (exact) mass is 395 g/mol. The van der Waals surface area contributed by atoms with Crippen molar-refractivity contribution in [2.75, 3.05) is 51.8 Å². The van der Waals surface area contributed by atoms with Crippen molar-refractivity contribution in [1.82, 2.24) is 9.80 Å². The molecule has 2 aromatic rings. The van der Waals surface area contributed by atoms with E-state index in [2.05, 4.69) is 6.92 Å². The Hall–Kier alpha value is -3.02. The summed E-state index contributed by atoms with van der Waals surface area (Å²) < 4.78 is 5.74. The molecule has 0 atom stereocenters. The number of amides is 2. The molecule has 0 aromatic heterocycles. The maximum absolute atomic E-state index is 12.7. The van der Waals surface area contributed by atoms with E-state index in [4.69, 9.17) is 4.74 Å². The van der Waals surface area contributed by atoms with E-state index in [1.807, 2.05) is 72.4 Å². The van der Waals surface area contributed by atoms with Crippen molar-refractivity contribution < 1.29 is 14.3 Å². The van der Waals surface area contributed by atoms with E-state index >= 15 is 0 Å². The summed E-state index contributed by atoms with van der Waals surface area (Å²) in [5.41, 5.74) is 2.83. The second kappa shape index (κ2) is 9.45. The van der Waals surface area contributed by atoms with Gasteiger partial charge in [-0.15, -0.1) is 0 Å². The fourth-order valence-corrected chi connectivity index (χ4v) is 3.41. The van der Waals surface area contributed by atoms with Crippen molar-refractivity contribution in [2.45, 2.75) is 13.3 Å². The van der Waals surface area contributed by atoms with Crippen LogP contribution >= 0.6 is 0 Å². The van der Waals surface area contributed by atoms with Gasteiger partial charge in [0.25, 0.3) is 11.8 Å². The van der Waals surface area contributed by atoms with E-state index in [0.29, 0.717) is 31.7 Å². The number of hydrogen-bond donors (Lipinski definition) is 0. The molecule has 0 unspecified atom stereocenters. The fraction of sp³-hybridized carbons (Fsp3) is 0.391. The zero-order valence-electron chi connectivity index (χ0n) is 17.4. The summed E-state index contributed by atoms with van der Waals surface area (Å²) in [6, 6.07) is 15.4. The second-order valence-corrected chi connectivity index (χ2v) is 7.36. The third kappa shape index (κ3) is 5.08. The number of nitrogens with zero attached hydrogens (tertiary/aromatic N) is 3. The highest BCUT2D eigenvalue weighted by Gasteiger charge is 2.25. The minimum atomic E-state index is -0.0432. The molecule has 154 valence electrons. The van der Waals surface area contributed by atoms with E-state index in [0.717, 1.165) is 23.4 Å². The van der Waals surface area contributed by atoms with Crippen LogP contribution in [0.2, 0.25) is 0 Å². The van der Waals surface area contributed by atoms with Crippen LogP contribution < -0.4 is 9.64 Å². The number of carbonyl (C=O) groups is 2. The van der Waals surface area contributed by atoms with Crippen molar-refractivity contribution in [3.8, 4) is 5.75 Å². The van der Waals surface area contributed by atoms with Crippen molar-refractivity contribution in [3.63, 3.8) is 0 Å². The molecule has 1 aliphatic heterocycles. The molecule has 2 amide bonds. The number of para-hydroxylation sites is 1. The molecule has 0 N–H and O–H groups in total. The lowest BCUT2D eigenvalue weighted by Gasteiger charge is -2.34. The molecule has 6 nitrogen and oxygen atoms in total. The summed E-state index contributed by atoms with van der Waals surface area (Å²) in [5, 5.41) is 0. The zero-order chi connectivity index (χ0) is 20.8. The Bertz CT molecular complexity index is 841. The maximum Gasteiger partial charge on any atom is 0.260 e. The molecule has 0 radical (unpaired) electrons. The first-order valence-electron chi connectivity index (χ1n) is 10.0. The van der Waals surface area contributed by atoms with Crippen LogP contribution in [0.4, 0.5) is 5.69 Å². The number of rotatable bonds is 6. The first-order valence-corrected chi connectivity index (χ1v) is 10.0. The highest BCUT2D eigenvalue weighted by molar-refractivity contribution is 5.94. The van der Waals surface area contributed by atoms with Crippen LogP contribution in [-0.2, 0) is 11.2 Å². The number of aryl methyl sites for hydroxylation is 1. The molecule has 0 saturated carbocycles. The first-order chi connectivity index (χ1) is 14.0. The van der Waals surface area contributed by atoms with E-state index < -0.39 is 0 Å². The van der Waals surface area contributed by atoms with Gasteiger partial charge < -0.3 is 19.4 Å². The standard InChI is InChI=1S/C23H29N3O3/c1-4-18-7-5-6-8-21(18)29-17-22(27)25-13-15-26(16-14-25)23(28)19-9-11-20(12-10-19)24(2)3/h5-12H,4,13-17H2,1-3H3. The molecule has 1 aliphatic rings. The van der Waals surface area contributed by atoms with Crippen molar-refractivity contribution in [2.24, 2.45) is 0 Å².